The summed E-state index contributed by atoms with van der Waals surface area (Å²) in [5.41, 5.74) is 1.50. The van der Waals surface area contributed by atoms with Crippen molar-refractivity contribution in [2.75, 3.05) is 59.5 Å². The zero-order valence-electron chi connectivity index (χ0n) is 23.4. The highest BCUT2D eigenvalue weighted by molar-refractivity contribution is 7.89. The zero-order chi connectivity index (χ0) is 27.6. The summed E-state index contributed by atoms with van der Waals surface area (Å²) in [5.74, 6) is 0.696. The van der Waals surface area contributed by atoms with Crippen LogP contribution in [0.4, 0.5) is 0 Å². The van der Waals surface area contributed by atoms with Crippen molar-refractivity contribution in [2.45, 2.75) is 63.4 Å². The van der Waals surface area contributed by atoms with Gasteiger partial charge in [-0.25, -0.2) is 13.4 Å². The average molecular weight is 560 g/mol. The first kappa shape index (κ1) is 28.1. The van der Waals surface area contributed by atoms with Gasteiger partial charge in [0, 0.05) is 45.3 Å². The van der Waals surface area contributed by atoms with Gasteiger partial charge in [0.15, 0.2) is 5.69 Å². The Labute approximate surface area is 231 Å². The number of sulfonamides is 1. The van der Waals surface area contributed by atoms with Gasteiger partial charge in [-0.3, -0.25) is 9.69 Å². The van der Waals surface area contributed by atoms with Gasteiger partial charge in [-0.15, -0.1) is 0 Å². The van der Waals surface area contributed by atoms with Gasteiger partial charge in [0.25, 0.3) is 5.91 Å². The predicted octanol–water partition coefficient (Wildman–Crippen LogP) is 2.90. The third-order valence-corrected chi connectivity index (χ3v) is 10.3. The molecule has 1 aromatic heterocycles. The van der Waals surface area contributed by atoms with E-state index >= 15 is 0 Å². The van der Waals surface area contributed by atoms with Gasteiger partial charge in [-0.1, -0.05) is 6.42 Å². The molecule has 2 aromatic rings. The Bertz CT molecular complexity index is 1240. The van der Waals surface area contributed by atoms with E-state index in [-0.39, 0.29) is 35.0 Å². The maximum atomic E-state index is 13.8. The number of piperazine rings is 1. The second-order valence-corrected chi connectivity index (χ2v) is 12.9. The van der Waals surface area contributed by atoms with Crippen LogP contribution in [0.5, 0.6) is 5.75 Å². The first-order chi connectivity index (χ1) is 18.8. The fourth-order valence-corrected chi connectivity index (χ4v) is 7.79. The van der Waals surface area contributed by atoms with Gasteiger partial charge < -0.3 is 19.0 Å². The van der Waals surface area contributed by atoms with Gasteiger partial charge in [0.05, 0.1) is 18.6 Å². The van der Waals surface area contributed by atoms with Crippen molar-refractivity contribution in [3.63, 3.8) is 0 Å². The molecule has 214 valence electrons. The molecular weight excluding hydrogens is 518 g/mol. The highest BCUT2D eigenvalue weighted by atomic mass is 32.2. The monoisotopic (exact) mass is 559 g/mol. The van der Waals surface area contributed by atoms with E-state index in [0.29, 0.717) is 30.0 Å². The summed E-state index contributed by atoms with van der Waals surface area (Å²) in [6.45, 7) is 11.1. The molecule has 0 radical (unpaired) electrons. The summed E-state index contributed by atoms with van der Waals surface area (Å²) >= 11 is 0. The average Bonchev–Trinajstić information content (AvgIpc) is 3.66. The van der Waals surface area contributed by atoms with Crippen LogP contribution in [0.3, 0.4) is 0 Å². The van der Waals surface area contributed by atoms with Crippen LogP contribution < -0.4 is 4.74 Å². The summed E-state index contributed by atoms with van der Waals surface area (Å²) in [4.78, 5) is 24.7. The van der Waals surface area contributed by atoms with E-state index in [0.717, 1.165) is 39.0 Å². The number of hydrogen-bond acceptors (Lipinski definition) is 8. The summed E-state index contributed by atoms with van der Waals surface area (Å²) in [5, 5.41) is 0. The van der Waals surface area contributed by atoms with E-state index in [9.17, 15) is 13.2 Å². The Hall–Kier alpha value is -2.47. The molecule has 10 nitrogen and oxygen atoms in total. The third-order valence-electron chi connectivity index (χ3n) is 8.09. The number of amides is 1. The van der Waals surface area contributed by atoms with E-state index in [1.165, 1.54) is 42.9 Å². The molecule has 3 heterocycles. The van der Waals surface area contributed by atoms with Gasteiger partial charge in [-0.05, 0) is 75.9 Å². The molecule has 1 amide bonds. The maximum Gasteiger partial charge on any atom is 0.275 e. The van der Waals surface area contributed by atoms with Crippen molar-refractivity contribution in [3.05, 3.63) is 41.1 Å². The lowest BCUT2D eigenvalue weighted by Crippen LogP contribution is -2.50. The molecule has 3 fully saturated rings. The van der Waals surface area contributed by atoms with Crippen LogP contribution in [0.15, 0.2) is 27.7 Å². The standard InChI is InChI=1S/C28H41N5O5S/c1-21-17-24(37-3)18-22(2)27(21)39(35,36)33(23-7-8-23)19-26-29-25(20-38-26)28(34)32-15-13-31(14-16-32)12-11-30-9-5-4-6-10-30/h17-18,20,23H,4-16,19H2,1-3H3. The number of hydrogen-bond donors (Lipinski definition) is 0. The summed E-state index contributed by atoms with van der Waals surface area (Å²) in [6, 6.07) is 3.38. The Kier molecular flexibility index (Phi) is 8.60. The first-order valence-corrected chi connectivity index (χ1v) is 15.6. The number of aromatic nitrogens is 1. The van der Waals surface area contributed by atoms with Crippen molar-refractivity contribution >= 4 is 15.9 Å². The van der Waals surface area contributed by atoms with Crippen molar-refractivity contribution in [1.82, 2.24) is 24.0 Å². The van der Waals surface area contributed by atoms with Gasteiger partial charge in [0.1, 0.15) is 12.0 Å². The minimum atomic E-state index is -3.80. The molecule has 39 heavy (non-hydrogen) atoms. The van der Waals surface area contributed by atoms with Crippen molar-refractivity contribution < 1.29 is 22.4 Å². The number of nitrogens with zero attached hydrogens (tertiary/aromatic N) is 5. The highest BCUT2D eigenvalue weighted by Gasteiger charge is 2.40. The van der Waals surface area contributed by atoms with Crippen LogP contribution in [0.1, 0.15) is 59.6 Å². The van der Waals surface area contributed by atoms with Gasteiger partial charge in [0.2, 0.25) is 15.9 Å². The topological polar surface area (TPSA) is 99.4 Å². The van der Waals surface area contributed by atoms with Crippen molar-refractivity contribution in [2.24, 2.45) is 0 Å². The van der Waals surface area contributed by atoms with E-state index in [1.807, 2.05) is 4.90 Å². The summed E-state index contributed by atoms with van der Waals surface area (Å²) in [6.07, 6.45) is 6.89. The minimum absolute atomic E-state index is 0.00450. The lowest BCUT2D eigenvalue weighted by molar-refractivity contribution is 0.0613. The number of carbonyl (C=O) groups excluding carboxylic acids is 1. The molecule has 11 heteroatoms. The summed E-state index contributed by atoms with van der Waals surface area (Å²) in [7, 11) is -2.23. The number of piperidine rings is 1. The molecule has 2 aliphatic heterocycles. The Morgan fingerprint density at radius 1 is 1.00 bits per heavy atom. The third kappa shape index (κ3) is 6.48. The Morgan fingerprint density at radius 3 is 2.21 bits per heavy atom. The normalized spacial score (nSPS) is 19.5. The number of aryl methyl sites for hydroxylation is 2. The van der Waals surface area contributed by atoms with Crippen LogP contribution in [-0.4, -0.2) is 104 Å². The molecule has 0 unspecified atom stereocenters. The van der Waals surface area contributed by atoms with Crippen LogP contribution in [0, 0.1) is 13.8 Å². The number of carbonyl (C=O) groups is 1. The smallest absolute Gasteiger partial charge is 0.275 e. The van der Waals surface area contributed by atoms with Gasteiger partial charge in [-0.2, -0.15) is 4.31 Å². The van der Waals surface area contributed by atoms with Crippen LogP contribution >= 0.6 is 0 Å². The molecule has 5 rings (SSSR count). The summed E-state index contributed by atoms with van der Waals surface area (Å²) < 4.78 is 39.9. The molecule has 2 saturated heterocycles. The molecule has 1 saturated carbocycles. The number of benzene rings is 1. The van der Waals surface area contributed by atoms with Crippen molar-refractivity contribution in [3.8, 4) is 5.75 Å². The number of likely N-dealkylation sites (tertiary alicyclic amines) is 1. The molecule has 1 aromatic carbocycles. The molecule has 1 aliphatic carbocycles. The van der Waals surface area contributed by atoms with E-state index in [4.69, 9.17) is 9.15 Å². The van der Waals surface area contributed by atoms with E-state index < -0.39 is 10.0 Å². The maximum absolute atomic E-state index is 13.8. The number of oxazole rings is 1. The van der Waals surface area contributed by atoms with Crippen LogP contribution in [-0.2, 0) is 16.6 Å². The quantitative estimate of drug-likeness (QED) is 0.438. The van der Waals surface area contributed by atoms with Crippen LogP contribution in [0.25, 0.3) is 0 Å². The molecule has 0 atom stereocenters. The van der Waals surface area contributed by atoms with E-state index in [2.05, 4.69) is 14.8 Å². The molecule has 0 bridgehead atoms. The van der Waals surface area contributed by atoms with Gasteiger partial charge >= 0.3 is 0 Å². The van der Waals surface area contributed by atoms with Crippen molar-refractivity contribution in [1.29, 1.82) is 0 Å². The Balaban J connectivity index is 1.20. The molecule has 3 aliphatic rings. The lowest BCUT2D eigenvalue weighted by atomic mass is 10.1. The number of rotatable bonds is 10. The fourth-order valence-electron chi connectivity index (χ4n) is 5.74. The lowest BCUT2D eigenvalue weighted by Gasteiger charge is -2.36. The number of ether oxygens (including phenoxy) is 1. The second-order valence-electron chi connectivity index (χ2n) is 11.0. The Morgan fingerprint density at radius 2 is 1.62 bits per heavy atom. The second kappa shape index (κ2) is 12.0. The first-order valence-electron chi connectivity index (χ1n) is 14.1. The predicted molar refractivity (Wildman–Crippen MR) is 147 cm³/mol. The number of methoxy groups -OCH3 is 1. The minimum Gasteiger partial charge on any atom is -0.497 e. The largest absolute Gasteiger partial charge is 0.497 e. The molecule has 0 spiro atoms. The fraction of sp³-hybridized carbons (Fsp3) is 0.643. The van der Waals surface area contributed by atoms with E-state index in [1.54, 1.807) is 33.1 Å². The van der Waals surface area contributed by atoms with Crippen LogP contribution in [0.2, 0.25) is 0 Å². The molecular formula is C28H41N5O5S. The highest BCUT2D eigenvalue weighted by Crippen LogP contribution is 2.36. The zero-order valence-corrected chi connectivity index (χ0v) is 24.2. The SMILES string of the molecule is COc1cc(C)c(S(=O)(=O)N(Cc2nc(C(=O)N3CCN(CCN4CCCCC4)CC3)co2)C2CC2)c(C)c1. The molecule has 0 N–H and O–H groups in total.